The summed E-state index contributed by atoms with van der Waals surface area (Å²) in [5.74, 6) is 0.542. The Balaban J connectivity index is 2.63. The summed E-state index contributed by atoms with van der Waals surface area (Å²) >= 11 is 0. The lowest BCUT2D eigenvalue weighted by Gasteiger charge is -2.02. The maximum absolute atomic E-state index is 5.59. The molecule has 0 aromatic carbocycles. The number of aromatic nitrogens is 2. The SMILES string of the molecule is CNCCn1ncc(N)c1N. The number of nitrogen functional groups attached to an aromatic ring is 2. The highest BCUT2D eigenvalue weighted by molar-refractivity contribution is 5.56. The third-order valence-corrected chi connectivity index (χ3v) is 1.48. The molecule has 0 amide bonds. The molecule has 5 N–H and O–H groups in total. The van der Waals surface area contributed by atoms with Crippen molar-refractivity contribution in [2.75, 3.05) is 25.1 Å². The minimum atomic E-state index is 0.542. The summed E-state index contributed by atoms with van der Waals surface area (Å²) in [7, 11) is 1.88. The van der Waals surface area contributed by atoms with Crippen molar-refractivity contribution >= 4 is 11.5 Å². The predicted molar refractivity (Wildman–Crippen MR) is 45.0 cm³/mol. The van der Waals surface area contributed by atoms with Crippen molar-refractivity contribution in [1.29, 1.82) is 0 Å². The number of nitrogens with zero attached hydrogens (tertiary/aromatic N) is 2. The summed E-state index contributed by atoms with van der Waals surface area (Å²) in [6.07, 6.45) is 1.56. The molecule has 0 radical (unpaired) electrons. The molecule has 1 aromatic rings. The van der Waals surface area contributed by atoms with Crippen molar-refractivity contribution in [3.63, 3.8) is 0 Å². The number of hydrogen-bond acceptors (Lipinski definition) is 4. The van der Waals surface area contributed by atoms with Gasteiger partial charge in [-0.05, 0) is 7.05 Å². The molecule has 1 heterocycles. The molecule has 0 saturated carbocycles. The molecular formula is C6H13N5. The van der Waals surface area contributed by atoms with Crippen LogP contribution in [-0.4, -0.2) is 23.4 Å². The van der Waals surface area contributed by atoms with Crippen LogP contribution >= 0.6 is 0 Å². The summed E-state index contributed by atoms with van der Waals surface area (Å²) in [5.41, 5.74) is 11.6. The van der Waals surface area contributed by atoms with E-state index in [4.69, 9.17) is 11.5 Å². The van der Waals surface area contributed by atoms with Gasteiger partial charge in [0, 0.05) is 6.54 Å². The fraction of sp³-hybridized carbons (Fsp3) is 0.500. The van der Waals surface area contributed by atoms with Gasteiger partial charge in [-0.3, -0.25) is 0 Å². The van der Waals surface area contributed by atoms with Crippen LogP contribution in [0, 0.1) is 0 Å². The molecular weight excluding hydrogens is 142 g/mol. The van der Waals surface area contributed by atoms with Gasteiger partial charge in [0.05, 0.1) is 18.4 Å². The zero-order valence-electron chi connectivity index (χ0n) is 6.54. The first-order chi connectivity index (χ1) is 5.25. The average molecular weight is 155 g/mol. The molecule has 0 fully saturated rings. The van der Waals surface area contributed by atoms with Crippen molar-refractivity contribution in [1.82, 2.24) is 15.1 Å². The Hall–Kier alpha value is -1.23. The molecule has 1 aromatic heterocycles. The number of rotatable bonds is 3. The van der Waals surface area contributed by atoms with E-state index < -0.39 is 0 Å². The van der Waals surface area contributed by atoms with Gasteiger partial charge in [0.15, 0.2) is 0 Å². The van der Waals surface area contributed by atoms with Crippen molar-refractivity contribution in [3.05, 3.63) is 6.20 Å². The van der Waals surface area contributed by atoms with Crippen LogP contribution in [0.2, 0.25) is 0 Å². The number of nitrogens with two attached hydrogens (primary N) is 2. The number of nitrogens with one attached hydrogen (secondary N) is 1. The highest BCUT2D eigenvalue weighted by atomic mass is 15.3. The van der Waals surface area contributed by atoms with Crippen molar-refractivity contribution in [2.45, 2.75) is 6.54 Å². The second-order valence-corrected chi connectivity index (χ2v) is 2.31. The van der Waals surface area contributed by atoms with Crippen molar-refractivity contribution < 1.29 is 0 Å². The minimum Gasteiger partial charge on any atom is -0.394 e. The number of anilines is 2. The summed E-state index contributed by atoms with van der Waals surface area (Å²) in [6.45, 7) is 1.59. The van der Waals surface area contributed by atoms with Crippen LogP contribution in [-0.2, 0) is 6.54 Å². The van der Waals surface area contributed by atoms with Crippen LogP contribution < -0.4 is 16.8 Å². The van der Waals surface area contributed by atoms with E-state index in [0.29, 0.717) is 11.5 Å². The van der Waals surface area contributed by atoms with Gasteiger partial charge in [-0.2, -0.15) is 5.10 Å². The van der Waals surface area contributed by atoms with E-state index in [0.717, 1.165) is 13.1 Å². The quantitative estimate of drug-likeness (QED) is 0.537. The first-order valence-electron chi connectivity index (χ1n) is 3.47. The lowest BCUT2D eigenvalue weighted by atomic mass is 10.5. The second-order valence-electron chi connectivity index (χ2n) is 2.31. The summed E-state index contributed by atoms with van der Waals surface area (Å²) in [5, 5.41) is 6.97. The van der Waals surface area contributed by atoms with Crippen LogP contribution in [0.4, 0.5) is 11.5 Å². The van der Waals surface area contributed by atoms with Gasteiger partial charge in [-0.15, -0.1) is 0 Å². The third kappa shape index (κ3) is 1.62. The molecule has 0 aliphatic rings. The smallest absolute Gasteiger partial charge is 0.145 e. The molecule has 0 saturated heterocycles. The lowest BCUT2D eigenvalue weighted by molar-refractivity contribution is 0.592. The van der Waals surface area contributed by atoms with Crippen LogP contribution in [0.15, 0.2) is 6.20 Å². The Bertz CT molecular complexity index is 229. The Morgan fingerprint density at radius 2 is 2.36 bits per heavy atom. The lowest BCUT2D eigenvalue weighted by Crippen LogP contribution is -2.17. The van der Waals surface area contributed by atoms with Crippen LogP contribution in [0.3, 0.4) is 0 Å². The van der Waals surface area contributed by atoms with Gasteiger partial charge in [0.1, 0.15) is 5.82 Å². The van der Waals surface area contributed by atoms with E-state index in [2.05, 4.69) is 10.4 Å². The molecule has 5 nitrogen and oxygen atoms in total. The van der Waals surface area contributed by atoms with E-state index >= 15 is 0 Å². The highest BCUT2D eigenvalue weighted by Crippen LogP contribution is 2.11. The Labute approximate surface area is 65.4 Å². The molecule has 0 aliphatic carbocycles. The van der Waals surface area contributed by atoms with Crippen molar-refractivity contribution in [2.24, 2.45) is 0 Å². The summed E-state index contributed by atoms with van der Waals surface area (Å²) in [4.78, 5) is 0. The van der Waals surface area contributed by atoms with Gasteiger partial charge in [0.25, 0.3) is 0 Å². The zero-order chi connectivity index (χ0) is 8.27. The van der Waals surface area contributed by atoms with Crippen LogP contribution in [0.1, 0.15) is 0 Å². The van der Waals surface area contributed by atoms with Crippen LogP contribution in [0.25, 0.3) is 0 Å². The van der Waals surface area contributed by atoms with Gasteiger partial charge >= 0.3 is 0 Å². The second kappa shape index (κ2) is 3.25. The third-order valence-electron chi connectivity index (χ3n) is 1.48. The maximum Gasteiger partial charge on any atom is 0.145 e. The van der Waals surface area contributed by atoms with Gasteiger partial charge in [-0.1, -0.05) is 0 Å². The Morgan fingerprint density at radius 3 is 2.82 bits per heavy atom. The minimum absolute atomic E-state index is 0.542. The average Bonchev–Trinajstić information content (AvgIpc) is 2.31. The van der Waals surface area contributed by atoms with E-state index in [9.17, 15) is 0 Å². The van der Waals surface area contributed by atoms with E-state index in [1.165, 1.54) is 0 Å². The standard InChI is InChI=1S/C6H13N5/c1-9-2-3-11-6(8)5(7)4-10-11/h4,9H,2-3,7-8H2,1H3. The topological polar surface area (TPSA) is 81.9 Å². The summed E-state index contributed by atoms with van der Waals surface area (Å²) < 4.78 is 1.67. The van der Waals surface area contributed by atoms with Gasteiger partial charge in [-0.25, -0.2) is 4.68 Å². The Kier molecular flexibility index (Phi) is 2.32. The first kappa shape index (κ1) is 7.87. The van der Waals surface area contributed by atoms with E-state index in [1.54, 1.807) is 10.9 Å². The molecule has 1 rings (SSSR count). The fourth-order valence-electron chi connectivity index (χ4n) is 0.805. The Morgan fingerprint density at radius 1 is 1.64 bits per heavy atom. The molecule has 11 heavy (non-hydrogen) atoms. The van der Waals surface area contributed by atoms with E-state index in [1.807, 2.05) is 7.05 Å². The fourth-order valence-corrected chi connectivity index (χ4v) is 0.805. The first-order valence-corrected chi connectivity index (χ1v) is 3.47. The zero-order valence-corrected chi connectivity index (χ0v) is 6.54. The summed E-state index contributed by atoms with van der Waals surface area (Å²) in [6, 6.07) is 0. The van der Waals surface area contributed by atoms with E-state index in [-0.39, 0.29) is 0 Å². The highest BCUT2D eigenvalue weighted by Gasteiger charge is 2.01. The monoisotopic (exact) mass is 155 g/mol. The van der Waals surface area contributed by atoms with Gasteiger partial charge in [0.2, 0.25) is 0 Å². The molecule has 5 heteroatoms. The maximum atomic E-state index is 5.59. The molecule has 0 aliphatic heterocycles. The largest absolute Gasteiger partial charge is 0.394 e. The molecule has 0 bridgehead atoms. The van der Waals surface area contributed by atoms with Gasteiger partial charge < -0.3 is 16.8 Å². The molecule has 0 spiro atoms. The predicted octanol–water partition coefficient (Wildman–Crippen LogP) is -0.733. The van der Waals surface area contributed by atoms with Crippen molar-refractivity contribution in [3.8, 4) is 0 Å². The molecule has 62 valence electrons. The molecule has 0 atom stereocenters. The van der Waals surface area contributed by atoms with Crippen LogP contribution in [0.5, 0.6) is 0 Å². The molecule has 0 unspecified atom stereocenters. The number of likely N-dealkylation sites (N-methyl/N-ethyl adjacent to an activating group) is 1. The number of hydrogen-bond donors (Lipinski definition) is 3. The normalized spacial score (nSPS) is 10.3.